The fourth-order valence-electron chi connectivity index (χ4n) is 1.67. The van der Waals surface area contributed by atoms with Crippen LogP contribution in [-0.4, -0.2) is 17.6 Å². The van der Waals surface area contributed by atoms with Gasteiger partial charge in [-0.1, -0.05) is 0 Å². The number of thiophene rings is 1. The van der Waals surface area contributed by atoms with Crippen LogP contribution in [-0.2, 0) is 6.42 Å². The van der Waals surface area contributed by atoms with Crippen molar-refractivity contribution in [1.82, 2.24) is 10.3 Å². The Morgan fingerprint density at radius 2 is 2.41 bits per heavy atom. The first-order valence-electron chi connectivity index (χ1n) is 5.74. The van der Waals surface area contributed by atoms with E-state index in [-0.39, 0.29) is 0 Å². The van der Waals surface area contributed by atoms with Crippen molar-refractivity contribution in [2.75, 3.05) is 6.54 Å². The number of halogens is 1. The van der Waals surface area contributed by atoms with E-state index in [1.165, 1.54) is 12.8 Å². The predicted octanol–water partition coefficient (Wildman–Crippen LogP) is 3.46. The molecule has 3 nitrogen and oxygen atoms in total. The van der Waals surface area contributed by atoms with Crippen molar-refractivity contribution in [1.29, 1.82) is 0 Å². The second-order valence-corrected chi connectivity index (χ2v) is 6.53. The minimum Gasteiger partial charge on any atom is -0.441 e. The molecule has 1 aliphatic rings. The van der Waals surface area contributed by atoms with Gasteiger partial charge in [0.2, 0.25) is 0 Å². The van der Waals surface area contributed by atoms with E-state index in [0.717, 1.165) is 40.0 Å². The minimum absolute atomic E-state index is 0.747. The van der Waals surface area contributed by atoms with Gasteiger partial charge in [-0.3, -0.25) is 0 Å². The van der Waals surface area contributed by atoms with Crippen LogP contribution < -0.4 is 5.32 Å². The van der Waals surface area contributed by atoms with Crippen LogP contribution in [0.5, 0.6) is 0 Å². The van der Waals surface area contributed by atoms with Gasteiger partial charge in [-0.05, 0) is 34.8 Å². The molecule has 0 aromatic carbocycles. The Kier molecular flexibility index (Phi) is 3.31. The summed E-state index contributed by atoms with van der Waals surface area (Å²) in [5.41, 5.74) is 1.09. The summed E-state index contributed by atoms with van der Waals surface area (Å²) in [5, 5.41) is 5.52. The highest BCUT2D eigenvalue weighted by molar-refractivity contribution is 9.11. The molecule has 1 fully saturated rings. The molecule has 0 unspecified atom stereocenters. The van der Waals surface area contributed by atoms with Crippen LogP contribution >= 0.6 is 27.3 Å². The van der Waals surface area contributed by atoms with Crippen LogP contribution in [0.15, 0.2) is 25.8 Å². The standard InChI is InChI=1S/C12H13BrN2OS/c13-11-5-8(7-17-11)10-6-15-12(16-10)3-4-14-9-1-2-9/h5-7,9,14H,1-4H2. The molecule has 5 heteroatoms. The van der Waals surface area contributed by atoms with E-state index in [0.29, 0.717) is 0 Å². The van der Waals surface area contributed by atoms with Crippen LogP contribution in [0.4, 0.5) is 0 Å². The topological polar surface area (TPSA) is 38.1 Å². The Hall–Kier alpha value is -0.650. The first-order chi connectivity index (χ1) is 8.31. The maximum absolute atomic E-state index is 5.72. The van der Waals surface area contributed by atoms with E-state index in [4.69, 9.17) is 4.42 Å². The molecule has 1 N–H and O–H groups in total. The minimum atomic E-state index is 0.747. The fraction of sp³-hybridized carbons (Fsp3) is 0.417. The van der Waals surface area contributed by atoms with E-state index < -0.39 is 0 Å². The normalized spacial score (nSPS) is 15.4. The lowest BCUT2D eigenvalue weighted by atomic mass is 10.3. The molecular weight excluding hydrogens is 300 g/mol. The largest absolute Gasteiger partial charge is 0.441 e. The number of nitrogens with one attached hydrogen (secondary N) is 1. The first-order valence-corrected chi connectivity index (χ1v) is 7.41. The quantitative estimate of drug-likeness (QED) is 0.918. The van der Waals surface area contributed by atoms with Crippen LogP contribution in [0.25, 0.3) is 11.3 Å². The number of hydrogen-bond donors (Lipinski definition) is 1. The van der Waals surface area contributed by atoms with Crippen LogP contribution in [0.2, 0.25) is 0 Å². The van der Waals surface area contributed by atoms with E-state index >= 15 is 0 Å². The predicted molar refractivity (Wildman–Crippen MR) is 72.2 cm³/mol. The second-order valence-electron chi connectivity index (χ2n) is 4.24. The van der Waals surface area contributed by atoms with Crippen molar-refractivity contribution in [2.45, 2.75) is 25.3 Å². The van der Waals surface area contributed by atoms with Crippen LogP contribution in [0, 0.1) is 0 Å². The number of rotatable bonds is 5. The van der Waals surface area contributed by atoms with Crippen molar-refractivity contribution in [2.24, 2.45) is 0 Å². The zero-order valence-corrected chi connectivity index (χ0v) is 11.7. The molecule has 1 aliphatic carbocycles. The lowest BCUT2D eigenvalue weighted by Gasteiger charge is -1.98. The lowest BCUT2D eigenvalue weighted by molar-refractivity contribution is 0.494. The lowest BCUT2D eigenvalue weighted by Crippen LogP contribution is -2.19. The number of nitrogens with zero attached hydrogens (tertiary/aromatic N) is 1. The van der Waals surface area contributed by atoms with E-state index in [1.807, 2.05) is 0 Å². The van der Waals surface area contributed by atoms with E-state index in [9.17, 15) is 0 Å². The summed E-state index contributed by atoms with van der Waals surface area (Å²) in [6, 6.07) is 2.80. The molecule has 0 saturated heterocycles. The molecule has 0 radical (unpaired) electrons. The third-order valence-electron chi connectivity index (χ3n) is 2.75. The van der Waals surface area contributed by atoms with Crippen molar-refractivity contribution < 1.29 is 4.42 Å². The third kappa shape index (κ3) is 2.97. The molecule has 1 saturated carbocycles. The molecule has 0 bridgehead atoms. The molecule has 2 heterocycles. The molecule has 0 spiro atoms. The third-order valence-corrected chi connectivity index (χ3v) is 4.26. The molecule has 2 aromatic rings. The Bertz CT molecular complexity index is 504. The van der Waals surface area contributed by atoms with Gasteiger partial charge >= 0.3 is 0 Å². The van der Waals surface area contributed by atoms with Crippen molar-refractivity contribution >= 4 is 27.3 Å². The van der Waals surface area contributed by atoms with Gasteiger partial charge in [0.25, 0.3) is 0 Å². The van der Waals surface area contributed by atoms with Crippen molar-refractivity contribution in [3.8, 4) is 11.3 Å². The zero-order chi connectivity index (χ0) is 11.7. The zero-order valence-electron chi connectivity index (χ0n) is 9.28. The Labute approximate surface area is 112 Å². The monoisotopic (exact) mass is 312 g/mol. The molecule has 0 aliphatic heterocycles. The molecule has 0 atom stereocenters. The number of aromatic nitrogens is 1. The highest BCUT2D eigenvalue weighted by Gasteiger charge is 2.20. The number of oxazole rings is 1. The summed E-state index contributed by atoms with van der Waals surface area (Å²) in [6.07, 6.45) is 5.31. The SMILES string of the molecule is Brc1cc(-c2cnc(CCNC3CC3)o2)cs1. The highest BCUT2D eigenvalue weighted by atomic mass is 79.9. The summed E-state index contributed by atoms with van der Waals surface area (Å²) in [7, 11) is 0. The van der Waals surface area contributed by atoms with Gasteiger partial charge in [0.1, 0.15) is 0 Å². The Balaban J connectivity index is 1.61. The summed E-state index contributed by atoms with van der Waals surface area (Å²) in [5.74, 6) is 1.67. The van der Waals surface area contributed by atoms with Gasteiger partial charge in [-0.15, -0.1) is 11.3 Å². The van der Waals surface area contributed by atoms with Gasteiger partial charge in [-0.2, -0.15) is 0 Å². The molecular formula is C12H13BrN2OS. The first kappa shape index (κ1) is 11.4. The van der Waals surface area contributed by atoms with Crippen LogP contribution in [0.1, 0.15) is 18.7 Å². The molecule has 17 heavy (non-hydrogen) atoms. The van der Waals surface area contributed by atoms with E-state index in [2.05, 4.69) is 37.7 Å². The van der Waals surface area contributed by atoms with Crippen molar-refractivity contribution in [3.05, 3.63) is 27.3 Å². The van der Waals surface area contributed by atoms with Gasteiger partial charge in [-0.25, -0.2) is 4.98 Å². The summed E-state index contributed by atoms with van der Waals surface area (Å²) in [4.78, 5) is 4.30. The fourth-order valence-corrected chi connectivity index (χ4v) is 2.82. The van der Waals surface area contributed by atoms with Gasteiger partial charge < -0.3 is 9.73 Å². The smallest absolute Gasteiger partial charge is 0.196 e. The highest BCUT2D eigenvalue weighted by Crippen LogP contribution is 2.29. The maximum atomic E-state index is 5.72. The van der Waals surface area contributed by atoms with Crippen LogP contribution in [0.3, 0.4) is 0 Å². The molecule has 0 amide bonds. The summed E-state index contributed by atoms with van der Waals surface area (Å²) < 4.78 is 6.83. The van der Waals surface area contributed by atoms with Crippen molar-refractivity contribution in [3.63, 3.8) is 0 Å². The average molecular weight is 313 g/mol. The second kappa shape index (κ2) is 4.92. The molecule has 90 valence electrons. The maximum Gasteiger partial charge on any atom is 0.196 e. The van der Waals surface area contributed by atoms with Gasteiger partial charge in [0, 0.05) is 30.0 Å². The summed E-state index contributed by atoms with van der Waals surface area (Å²) in [6.45, 7) is 0.956. The molecule has 2 aromatic heterocycles. The summed E-state index contributed by atoms with van der Waals surface area (Å²) >= 11 is 5.10. The van der Waals surface area contributed by atoms with E-state index in [1.54, 1.807) is 17.5 Å². The average Bonchev–Trinajstić information content (AvgIpc) is 2.85. The Morgan fingerprint density at radius 3 is 3.12 bits per heavy atom. The van der Waals surface area contributed by atoms with Gasteiger partial charge in [0.15, 0.2) is 11.7 Å². The molecule has 3 rings (SSSR count). The van der Waals surface area contributed by atoms with Gasteiger partial charge in [0.05, 0.1) is 9.98 Å². The Morgan fingerprint density at radius 1 is 1.53 bits per heavy atom. The number of hydrogen-bond acceptors (Lipinski definition) is 4.